The van der Waals surface area contributed by atoms with Gasteiger partial charge in [-0.1, -0.05) is 18.2 Å². The molecule has 1 saturated carbocycles. The number of pyridine rings is 1. The van der Waals surface area contributed by atoms with Crippen LogP contribution in [-0.2, 0) is 11.8 Å². The summed E-state index contributed by atoms with van der Waals surface area (Å²) in [5.41, 5.74) is 4.84. The summed E-state index contributed by atoms with van der Waals surface area (Å²) in [5.74, 6) is 0.414. The van der Waals surface area contributed by atoms with E-state index in [1.165, 1.54) is 31.4 Å². The van der Waals surface area contributed by atoms with Gasteiger partial charge in [0.1, 0.15) is 0 Å². The number of para-hydroxylation sites is 1. The molecule has 2 aromatic heterocycles. The molecule has 3 aromatic rings. The van der Waals surface area contributed by atoms with Crippen molar-refractivity contribution in [3.63, 3.8) is 0 Å². The Morgan fingerprint density at radius 3 is 2.62 bits per heavy atom. The second-order valence-electron chi connectivity index (χ2n) is 9.20. The van der Waals surface area contributed by atoms with E-state index >= 15 is 0 Å². The zero-order valence-corrected chi connectivity index (χ0v) is 19.0. The molecule has 0 spiro atoms. The SMILES string of the molecule is Cc1cc(NC(=O)c2cn(C)c3ccccc23)cnc1[C@H]1CC[C@H](N2CCOCC2)CC1. The number of fused-ring (bicyclic) bond motifs is 1. The topological polar surface area (TPSA) is 59.4 Å². The van der Waals surface area contributed by atoms with Crippen LogP contribution in [0.15, 0.2) is 42.7 Å². The number of carbonyl (C=O) groups is 1. The normalized spacial score (nSPS) is 22.2. The molecule has 1 amide bonds. The zero-order valence-electron chi connectivity index (χ0n) is 19.0. The van der Waals surface area contributed by atoms with Crippen LogP contribution in [0.4, 0.5) is 5.69 Å². The predicted molar refractivity (Wildman–Crippen MR) is 127 cm³/mol. The Hall–Kier alpha value is -2.70. The Morgan fingerprint density at radius 2 is 1.88 bits per heavy atom. The minimum Gasteiger partial charge on any atom is -0.379 e. The smallest absolute Gasteiger partial charge is 0.257 e. The van der Waals surface area contributed by atoms with Crippen molar-refractivity contribution >= 4 is 22.5 Å². The number of ether oxygens (including phenoxy) is 1. The third kappa shape index (κ3) is 4.17. The van der Waals surface area contributed by atoms with E-state index in [4.69, 9.17) is 9.72 Å². The second kappa shape index (κ2) is 9.04. The van der Waals surface area contributed by atoms with Crippen molar-refractivity contribution in [2.45, 2.75) is 44.6 Å². The lowest BCUT2D eigenvalue weighted by Crippen LogP contribution is -2.44. The van der Waals surface area contributed by atoms with E-state index in [2.05, 4.69) is 23.2 Å². The van der Waals surface area contributed by atoms with Gasteiger partial charge in [0.05, 0.1) is 30.7 Å². The standard InChI is InChI=1S/C26H32N4O2/c1-18-15-20(28-26(31)23-17-29(2)24-6-4-3-5-22(23)24)16-27-25(18)19-7-9-21(10-8-19)30-11-13-32-14-12-30/h3-6,15-17,19,21H,7-14H2,1-2H3,(H,28,31)/t19-,21-. The lowest BCUT2D eigenvalue weighted by atomic mass is 9.82. The second-order valence-corrected chi connectivity index (χ2v) is 9.20. The fourth-order valence-corrected chi connectivity index (χ4v) is 5.46. The number of nitrogens with zero attached hydrogens (tertiary/aromatic N) is 3. The highest BCUT2D eigenvalue weighted by Gasteiger charge is 2.29. The predicted octanol–water partition coefficient (Wildman–Crippen LogP) is 4.49. The molecule has 2 fully saturated rings. The number of anilines is 1. The van der Waals surface area contributed by atoms with E-state index in [9.17, 15) is 4.79 Å². The highest BCUT2D eigenvalue weighted by atomic mass is 16.5. The minimum absolute atomic E-state index is 0.0956. The van der Waals surface area contributed by atoms with Gasteiger partial charge in [-0.05, 0) is 50.3 Å². The largest absolute Gasteiger partial charge is 0.379 e. The number of amides is 1. The van der Waals surface area contributed by atoms with E-state index < -0.39 is 0 Å². The number of hydrogen-bond acceptors (Lipinski definition) is 4. The number of morpholine rings is 1. The fourth-order valence-electron chi connectivity index (χ4n) is 5.46. The van der Waals surface area contributed by atoms with Crippen LogP contribution in [0.1, 0.15) is 53.2 Å². The molecule has 3 heterocycles. The molecule has 1 aromatic carbocycles. The lowest BCUT2D eigenvalue weighted by molar-refractivity contribution is 0.00720. The van der Waals surface area contributed by atoms with Gasteiger partial charge < -0.3 is 14.6 Å². The Labute approximate surface area is 189 Å². The number of benzene rings is 1. The molecule has 2 aliphatic rings. The summed E-state index contributed by atoms with van der Waals surface area (Å²) in [6, 6.07) is 10.7. The van der Waals surface area contributed by atoms with Crippen LogP contribution >= 0.6 is 0 Å². The van der Waals surface area contributed by atoms with Crippen molar-refractivity contribution in [3.8, 4) is 0 Å². The summed E-state index contributed by atoms with van der Waals surface area (Å²) in [6.45, 7) is 5.98. The molecule has 5 rings (SSSR count). The van der Waals surface area contributed by atoms with Crippen LogP contribution in [0.2, 0.25) is 0 Å². The molecule has 1 aliphatic heterocycles. The van der Waals surface area contributed by atoms with Crippen LogP contribution in [0.3, 0.4) is 0 Å². The van der Waals surface area contributed by atoms with Gasteiger partial charge in [-0.3, -0.25) is 14.7 Å². The highest BCUT2D eigenvalue weighted by molar-refractivity contribution is 6.12. The third-order valence-electron chi connectivity index (χ3n) is 7.16. The number of aryl methyl sites for hydroxylation is 2. The molecule has 1 aliphatic carbocycles. The number of carbonyl (C=O) groups excluding carboxylic acids is 1. The Bertz CT molecular complexity index is 1110. The monoisotopic (exact) mass is 432 g/mol. The first-order chi connectivity index (χ1) is 15.6. The summed E-state index contributed by atoms with van der Waals surface area (Å²) in [4.78, 5) is 20.4. The molecule has 1 N–H and O–H groups in total. The molecule has 168 valence electrons. The first-order valence-electron chi connectivity index (χ1n) is 11.7. The van der Waals surface area contributed by atoms with Crippen LogP contribution in [0.5, 0.6) is 0 Å². The van der Waals surface area contributed by atoms with E-state index in [1.807, 2.05) is 48.3 Å². The third-order valence-corrected chi connectivity index (χ3v) is 7.16. The number of nitrogens with one attached hydrogen (secondary N) is 1. The Balaban J connectivity index is 1.25. The van der Waals surface area contributed by atoms with E-state index in [0.717, 1.165) is 48.5 Å². The van der Waals surface area contributed by atoms with Crippen LogP contribution in [0.25, 0.3) is 10.9 Å². The molecule has 0 unspecified atom stereocenters. The molecule has 6 nitrogen and oxygen atoms in total. The Kier molecular flexibility index (Phi) is 5.98. The molecule has 6 heteroatoms. The summed E-state index contributed by atoms with van der Waals surface area (Å²) >= 11 is 0. The number of hydrogen-bond donors (Lipinski definition) is 1. The summed E-state index contributed by atoms with van der Waals surface area (Å²) in [6.07, 6.45) is 8.52. The highest BCUT2D eigenvalue weighted by Crippen LogP contribution is 2.36. The molecular formula is C26H32N4O2. The van der Waals surface area contributed by atoms with Crippen LogP contribution in [-0.4, -0.2) is 52.7 Å². The van der Waals surface area contributed by atoms with Crippen molar-refractivity contribution in [1.82, 2.24) is 14.5 Å². The average molecular weight is 433 g/mol. The van der Waals surface area contributed by atoms with Crippen molar-refractivity contribution in [2.24, 2.45) is 7.05 Å². The number of aromatic nitrogens is 2. The van der Waals surface area contributed by atoms with Gasteiger partial charge in [0, 0.05) is 54.9 Å². The molecule has 0 atom stereocenters. The van der Waals surface area contributed by atoms with Gasteiger partial charge in [-0.2, -0.15) is 0 Å². The molecule has 0 radical (unpaired) electrons. The Morgan fingerprint density at radius 1 is 1.12 bits per heavy atom. The maximum Gasteiger partial charge on any atom is 0.257 e. The maximum atomic E-state index is 13.0. The van der Waals surface area contributed by atoms with Gasteiger partial charge in [0.15, 0.2) is 0 Å². The summed E-state index contributed by atoms with van der Waals surface area (Å²) in [5, 5.41) is 4.02. The quantitative estimate of drug-likeness (QED) is 0.660. The van der Waals surface area contributed by atoms with Crippen molar-refractivity contribution < 1.29 is 9.53 Å². The summed E-state index contributed by atoms with van der Waals surface area (Å²) in [7, 11) is 1.97. The van der Waals surface area contributed by atoms with E-state index in [0.29, 0.717) is 17.5 Å². The van der Waals surface area contributed by atoms with E-state index in [1.54, 1.807) is 0 Å². The lowest BCUT2D eigenvalue weighted by Gasteiger charge is -2.38. The fraction of sp³-hybridized carbons (Fsp3) is 0.462. The van der Waals surface area contributed by atoms with Gasteiger partial charge in [-0.15, -0.1) is 0 Å². The zero-order chi connectivity index (χ0) is 22.1. The van der Waals surface area contributed by atoms with Gasteiger partial charge >= 0.3 is 0 Å². The maximum absolute atomic E-state index is 13.0. The van der Waals surface area contributed by atoms with Gasteiger partial charge in [0.25, 0.3) is 5.91 Å². The van der Waals surface area contributed by atoms with Crippen molar-refractivity contribution in [3.05, 3.63) is 59.5 Å². The van der Waals surface area contributed by atoms with Crippen molar-refractivity contribution in [2.75, 3.05) is 31.6 Å². The molecule has 1 saturated heterocycles. The minimum atomic E-state index is -0.0956. The molecule has 0 bridgehead atoms. The van der Waals surface area contributed by atoms with Crippen LogP contribution in [0, 0.1) is 6.92 Å². The van der Waals surface area contributed by atoms with Crippen LogP contribution < -0.4 is 5.32 Å². The first kappa shape index (κ1) is 21.2. The molecule has 32 heavy (non-hydrogen) atoms. The van der Waals surface area contributed by atoms with E-state index in [-0.39, 0.29) is 5.91 Å². The number of rotatable bonds is 4. The summed E-state index contributed by atoms with van der Waals surface area (Å²) < 4.78 is 7.49. The molecular weight excluding hydrogens is 400 g/mol. The van der Waals surface area contributed by atoms with Crippen molar-refractivity contribution in [1.29, 1.82) is 0 Å². The first-order valence-corrected chi connectivity index (χ1v) is 11.7. The average Bonchev–Trinajstić information content (AvgIpc) is 3.17. The van der Waals surface area contributed by atoms with Gasteiger partial charge in [0.2, 0.25) is 0 Å². The van der Waals surface area contributed by atoms with Gasteiger partial charge in [-0.25, -0.2) is 0 Å².